The molecule has 0 aliphatic heterocycles. The van der Waals surface area contributed by atoms with E-state index in [2.05, 4.69) is 45.1 Å². The maximum Gasteiger partial charge on any atom is 0.144 e. The number of benzene rings is 1. The van der Waals surface area contributed by atoms with Crippen molar-refractivity contribution in [3.63, 3.8) is 0 Å². The Morgan fingerprint density at radius 3 is 2.66 bits per heavy atom. The highest BCUT2D eigenvalue weighted by molar-refractivity contribution is 9.10. The second kappa shape index (κ2) is 9.76. The van der Waals surface area contributed by atoms with Gasteiger partial charge in [-0.1, -0.05) is 35.6 Å². The zero-order valence-electron chi connectivity index (χ0n) is 17.8. The lowest BCUT2D eigenvalue weighted by Gasteiger charge is -2.15. The average molecular weight is 503 g/mol. The summed E-state index contributed by atoms with van der Waals surface area (Å²) in [5.41, 5.74) is 1.82. The largest absolute Gasteiger partial charge is 0.360 e. The molecular weight excluding hydrogens is 473 g/mol. The van der Waals surface area contributed by atoms with Crippen LogP contribution in [0.2, 0.25) is 25.7 Å². The molecule has 0 radical (unpaired) electrons. The van der Waals surface area contributed by atoms with Crippen molar-refractivity contribution in [2.24, 2.45) is 4.40 Å². The van der Waals surface area contributed by atoms with E-state index in [-0.39, 0.29) is 5.82 Å². The van der Waals surface area contributed by atoms with Gasteiger partial charge in [0.2, 0.25) is 0 Å². The Labute approximate surface area is 184 Å². The van der Waals surface area contributed by atoms with Gasteiger partial charge in [-0.3, -0.25) is 0 Å². The van der Waals surface area contributed by atoms with E-state index in [0.717, 1.165) is 10.5 Å². The van der Waals surface area contributed by atoms with E-state index in [1.807, 2.05) is 20.8 Å². The molecule has 2 aromatic rings. The smallest absolute Gasteiger partial charge is 0.144 e. The van der Waals surface area contributed by atoms with Gasteiger partial charge in [-0.2, -0.15) is 9.50 Å². The molecule has 29 heavy (non-hydrogen) atoms. The molecule has 0 saturated carbocycles. The Morgan fingerprint density at radius 1 is 1.34 bits per heavy atom. The Bertz CT molecular complexity index is 904. The first-order valence-corrected chi connectivity index (χ1v) is 15.0. The van der Waals surface area contributed by atoms with Crippen LogP contribution in [0.5, 0.6) is 0 Å². The molecular formula is C20H29BrFN3O2SSi. The number of rotatable bonds is 8. The number of aromatic nitrogens is 2. The second-order valence-corrected chi connectivity index (χ2v) is 17.5. The minimum Gasteiger partial charge on any atom is -0.360 e. The molecule has 2 rings (SSSR count). The van der Waals surface area contributed by atoms with E-state index in [4.69, 9.17) is 4.74 Å². The molecule has 9 heteroatoms. The highest BCUT2D eigenvalue weighted by Gasteiger charge is 2.20. The number of halogens is 2. The number of hydrogen-bond donors (Lipinski definition) is 0. The molecule has 1 aromatic heterocycles. The third-order valence-corrected chi connectivity index (χ3v) is 7.75. The summed E-state index contributed by atoms with van der Waals surface area (Å²) < 4.78 is 38.0. The molecule has 0 saturated heterocycles. The summed E-state index contributed by atoms with van der Waals surface area (Å²) in [4.78, 5) is 0. The molecule has 1 atom stereocenters. The predicted molar refractivity (Wildman–Crippen MR) is 125 cm³/mol. The maximum atomic E-state index is 13.8. The van der Waals surface area contributed by atoms with Gasteiger partial charge in [0.05, 0.1) is 4.75 Å². The zero-order chi connectivity index (χ0) is 21.8. The number of nitrogens with zero attached hydrogens (tertiary/aromatic N) is 3. The monoisotopic (exact) mass is 501 g/mol. The van der Waals surface area contributed by atoms with Crippen LogP contribution in [0.4, 0.5) is 4.39 Å². The molecule has 5 nitrogen and oxygen atoms in total. The van der Waals surface area contributed by atoms with E-state index in [1.54, 1.807) is 23.2 Å². The van der Waals surface area contributed by atoms with Crippen LogP contribution in [0.15, 0.2) is 33.3 Å². The molecule has 0 aliphatic carbocycles. The molecule has 160 valence electrons. The Morgan fingerprint density at radius 2 is 2.03 bits per heavy atom. The average Bonchev–Trinajstić information content (AvgIpc) is 3.00. The summed E-state index contributed by atoms with van der Waals surface area (Å²) in [5.74, 6) is -0.356. The minimum atomic E-state index is -1.40. The van der Waals surface area contributed by atoms with Crippen LogP contribution in [-0.4, -0.2) is 39.6 Å². The Balaban J connectivity index is 2.31. The highest BCUT2D eigenvalue weighted by Crippen LogP contribution is 2.30. The summed E-state index contributed by atoms with van der Waals surface area (Å²) >= 11 is 3.46. The molecule has 0 N–H and O–H groups in total. The van der Waals surface area contributed by atoms with Crippen molar-refractivity contribution in [2.75, 3.05) is 6.61 Å². The van der Waals surface area contributed by atoms with Gasteiger partial charge in [-0.05, 0) is 45.0 Å². The second-order valence-electron chi connectivity index (χ2n) is 9.04. The Kier molecular flexibility index (Phi) is 8.12. The van der Waals surface area contributed by atoms with Gasteiger partial charge in [-0.15, -0.1) is 0 Å². The van der Waals surface area contributed by atoms with Crippen LogP contribution in [0.25, 0.3) is 11.3 Å². The highest BCUT2D eigenvalue weighted by atomic mass is 79.9. The van der Waals surface area contributed by atoms with E-state index >= 15 is 0 Å². The summed E-state index contributed by atoms with van der Waals surface area (Å²) in [6.45, 7) is 13.4. The molecule has 0 fully saturated rings. The van der Waals surface area contributed by atoms with Crippen LogP contribution in [0, 0.1) is 5.82 Å². The van der Waals surface area contributed by atoms with Gasteiger partial charge >= 0.3 is 0 Å². The van der Waals surface area contributed by atoms with Gasteiger partial charge < -0.3 is 4.74 Å². The number of hydrogen-bond acceptors (Lipinski definition) is 3. The minimum absolute atomic E-state index is 0.292. The first-order chi connectivity index (χ1) is 13.4. The van der Waals surface area contributed by atoms with Crippen molar-refractivity contribution in [3.8, 4) is 11.3 Å². The summed E-state index contributed by atoms with van der Waals surface area (Å²) in [5, 5.41) is 4.57. The van der Waals surface area contributed by atoms with Gasteiger partial charge in [0.1, 0.15) is 29.2 Å². The quantitative estimate of drug-likeness (QED) is 0.267. The van der Waals surface area contributed by atoms with Gasteiger partial charge in [0.25, 0.3) is 0 Å². The van der Waals surface area contributed by atoms with Crippen LogP contribution in [0.3, 0.4) is 0 Å². The number of ether oxygens (including phenoxy) is 1. The molecule has 0 spiro atoms. The molecule has 0 amide bonds. The van der Waals surface area contributed by atoms with Gasteiger partial charge in [-0.25, -0.2) is 13.3 Å². The topological polar surface area (TPSA) is 56.5 Å². The SMILES string of the molecule is CC(C)(C)S(=O)N=Cc1cn(COCC[Si](C)(C)C)nc1-c1cc(F)ccc1Br. The third kappa shape index (κ3) is 7.55. The summed E-state index contributed by atoms with van der Waals surface area (Å²) in [6, 6.07) is 5.51. The molecule has 0 aliphatic rings. The predicted octanol–water partition coefficient (Wildman–Crippen LogP) is 5.65. The van der Waals surface area contributed by atoms with Gasteiger partial charge in [0, 0.05) is 42.7 Å². The lowest BCUT2D eigenvalue weighted by molar-refractivity contribution is 0.0787. The van der Waals surface area contributed by atoms with E-state index in [0.29, 0.717) is 30.2 Å². The lowest BCUT2D eigenvalue weighted by atomic mass is 10.1. The lowest BCUT2D eigenvalue weighted by Crippen LogP contribution is -2.22. The van der Waals surface area contributed by atoms with Crippen molar-refractivity contribution in [2.45, 2.75) is 57.9 Å². The van der Waals surface area contributed by atoms with Crippen molar-refractivity contribution in [3.05, 3.63) is 40.2 Å². The van der Waals surface area contributed by atoms with Crippen LogP contribution < -0.4 is 0 Å². The van der Waals surface area contributed by atoms with Crippen LogP contribution in [-0.2, 0) is 22.5 Å². The molecule has 1 heterocycles. The fourth-order valence-corrected chi connectivity index (χ4v) is 4.00. The van der Waals surface area contributed by atoms with Crippen molar-refractivity contribution < 1.29 is 13.3 Å². The molecule has 1 aromatic carbocycles. The molecule has 0 bridgehead atoms. The van der Waals surface area contributed by atoms with Gasteiger partial charge in [0.15, 0.2) is 0 Å². The summed E-state index contributed by atoms with van der Waals surface area (Å²) in [7, 11) is -2.57. The van der Waals surface area contributed by atoms with Crippen molar-refractivity contribution in [1.29, 1.82) is 0 Å². The Hall–Kier alpha value is -1.16. The fourth-order valence-electron chi connectivity index (χ4n) is 2.28. The fraction of sp³-hybridized carbons (Fsp3) is 0.500. The van der Waals surface area contributed by atoms with Crippen molar-refractivity contribution >= 4 is 41.2 Å². The third-order valence-electron chi connectivity index (χ3n) is 4.00. The summed E-state index contributed by atoms with van der Waals surface area (Å²) in [6.07, 6.45) is 3.32. The van der Waals surface area contributed by atoms with E-state index in [1.165, 1.54) is 12.1 Å². The van der Waals surface area contributed by atoms with Crippen LogP contribution in [0.1, 0.15) is 26.3 Å². The van der Waals surface area contributed by atoms with E-state index < -0.39 is 23.8 Å². The van der Waals surface area contributed by atoms with Crippen molar-refractivity contribution in [1.82, 2.24) is 9.78 Å². The normalized spacial score (nSPS) is 13.9. The zero-order valence-corrected chi connectivity index (χ0v) is 21.2. The van der Waals surface area contributed by atoms with Crippen LogP contribution >= 0.6 is 15.9 Å². The maximum absolute atomic E-state index is 13.8. The first kappa shape index (κ1) is 24.1. The van der Waals surface area contributed by atoms with E-state index in [9.17, 15) is 8.60 Å². The standard InChI is InChI=1S/C20H29BrFN3O2SSi/c1-20(2,3)28(26)23-12-15-13-25(14-27-9-10-29(4,5)6)24-19(15)17-11-16(22)7-8-18(17)21/h7-8,11-13H,9-10,14H2,1-6H3. The molecule has 1 unspecified atom stereocenters. The first-order valence-electron chi connectivity index (χ1n) is 9.43.